The molecule has 0 bridgehead atoms. The van der Waals surface area contributed by atoms with Crippen LogP contribution in [0.4, 0.5) is 5.69 Å². The molecule has 0 aliphatic carbocycles. The Morgan fingerprint density at radius 2 is 2.10 bits per heavy atom. The number of nitriles is 1. The van der Waals surface area contributed by atoms with E-state index in [1.165, 1.54) is 29.7 Å². The second-order valence-corrected chi connectivity index (χ2v) is 6.48. The van der Waals surface area contributed by atoms with Gasteiger partial charge in [0.05, 0.1) is 0 Å². The molecule has 0 amide bonds. The number of hydrogen-bond acceptors (Lipinski definition) is 5. The fourth-order valence-corrected chi connectivity index (χ4v) is 3.13. The topological polar surface area (TPSA) is 100 Å². The predicted molar refractivity (Wildman–Crippen MR) is 78.5 cm³/mol. The molecule has 0 unspecified atom stereocenters. The molecular formula is C14H14N4O2S. The minimum atomic E-state index is -3.79. The van der Waals surface area contributed by atoms with Gasteiger partial charge in [-0.05, 0) is 29.8 Å². The van der Waals surface area contributed by atoms with Gasteiger partial charge in [0, 0.05) is 25.5 Å². The minimum absolute atomic E-state index is 0.0982. The van der Waals surface area contributed by atoms with Crippen molar-refractivity contribution in [3.63, 3.8) is 0 Å². The third kappa shape index (κ3) is 3.18. The Bertz CT molecular complexity index is 797. The van der Waals surface area contributed by atoms with Gasteiger partial charge < -0.3 is 5.73 Å². The quantitative estimate of drug-likeness (QED) is 0.859. The minimum Gasteiger partial charge on any atom is -0.399 e. The first kappa shape index (κ1) is 15.0. The molecular weight excluding hydrogens is 288 g/mol. The number of benzene rings is 1. The summed E-state index contributed by atoms with van der Waals surface area (Å²) in [6.07, 6.45) is 1.38. The van der Waals surface area contributed by atoms with Crippen LogP contribution in [0.25, 0.3) is 0 Å². The van der Waals surface area contributed by atoms with E-state index in [1.807, 2.05) is 0 Å². The maximum atomic E-state index is 12.5. The lowest BCUT2D eigenvalue weighted by molar-refractivity contribution is 0.466. The van der Waals surface area contributed by atoms with Gasteiger partial charge in [-0.3, -0.25) is 0 Å². The monoisotopic (exact) mass is 302 g/mol. The van der Waals surface area contributed by atoms with Gasteiger partial charge in [0.15, 0.2) is 5.69 Å². The molecule has 0 aliphatic rings. The lowest BCUT2D eigenvalue weighted by Gasteiger charge is -2.17. The molecule has 108 valence electrons. The number of nitrogens with zero attached hydrogens (tertiary/aromatic N) is 3. The van der Waals surface area contributed by atoms with Crippen LogP contribution in [0, 0.1) is 11.3 Å². The van der Waals surface area contributed by atoms with Gasteiger partial charge in [-0.1, -0.05) is 12.1 Å². The number of anilines is 1. The van der Waals surface area contributed by atoms with Crippen LogP contribution < -0.4 is 5.73 Å². The van der Waals surface area contributed by atoms with Crippen molar-refractivity contribution < 1.29 is 8.42 Å². The first-order valence-electron chi connectivity index (χ1n) is 6.11. The summed E-state index contributed by atoms with van der Waals surface area (Å²) in [6.45, 7) is 0.160. The number of nitrogen functional groups attached to an aromatic ring is 1. The van der Waals surface area contributed by atoms with Gasteiger partial charge in [-0.25, -0.2) is 13.4 Å². The predicted octanol–water partition coefficient (Wildman–Crippen LogP) is 1.36. The maximum absolute atomic E-state index is 12.5. The summed E-state index contributed by atoms with van der Waals surface area (Å²) in [5, 5.41) is 8.98. The molecule has 0 spiro atoms. The van der Waals surface area contributed by atoms with Gasteiger partial charge >= 0.3 is 0 Å². The highest BCUT2D eigenvalue weighted by Crippen LogP contribution is 2.19. The molecule has 1 aromatic carbocycles. The van der Waals surface area contributed by atoms with E-state index in [-0.39, 0.29) is 17.1 Å². The molecule has 2 rings (SSSR count). The Labute approximate surface area is 123 Å². The molecule has 0 saturated heterocycles. The van der Waals surface area contributed by atoms with Crippen LogP contribution in [0.1, 0.15) is 11.3 Å². The normalized spacial score (nSPS) is 11.3. The van der Waals surface area contributed by atoms with E-state index >= 15 is 0 Å². The van der Waals surface area contributed by atoms with Crippen LogP contribution in [-0.2, 0) is 16.6 Å². The molecule has 0 fully saturated rings. The molecule has 1 heterocycles. The fourth-order valence-electron chi connectivity index (χ4n) is 1.88. The summed E-state index contributed by atoms with van der Waals surface area (Å²) in [5.74, 6) is 0. The number of nitrogens with two attached hydrogens (primary N) is 1. The van der Waals surface area contributed by atoms with Crippen molar-refractivity contribution >= 4 is 15.7 Å². The highest BCUT2D eigenvalue weighted by molar-refractivity contribution is 7.89. The van der Waals surface area contributed by atoms with E-state index in [2.05, 4.69) is 4.98 Å². The highest BCUT2D eigenvalue weighted by atomic mass is 32.2. The second-order valence-electron chi connectivity index (χ2n) is 4.47. The number of hydrogen-bond donors (Lipinski definition) is 1. The first-order chi connectivity index (χ1) is 9.95. The van der Waals surface area contributed by atoms with Gasteiger partial charge in [0.2, 0.25) is 10.0 Å². The Balaban J connectivity index is 2.33. The Morgan fingerprint density at radius 1 is 1.33 bits per heavy atom. The van der Waals surface area contributed by atoms with Crippen LogP contribution in [0.15, 0.2) is 47.5 Å². The van der Waals surface area contributed by atoms with Gasteiger partial charge in [-0.15, -0.1) is 0 Å². The van der Waals surface area contributed by atoms with Crippen molar-refractivity contribution in [2.45, 2.75) is 11.4 Å². The third-order valence-electron chi connectivity index (χ3n) is 2.92. The van der Waals surface area contributed by atoms with Crippen molar-refractivity contribution in [3.8, 4) is 6.07 Å². The van der Waals surface area contributed by atoms with E-state index in [0.717, 1.165) is 5.56 Å². The Morgan fingerprint density at radius 3 is 2.76 bits per heavy atom. The molecule has 7 heteroatoms. The number of rotatable bonds is 4. The standard InChI is InChI=1S/C14H14N4O2S/c1-18(10-11-4-2-5-12(16)8-11)21(19,20)14-6-3-7-17-13(14)9-15/h2-8H,10,16H2,1H3. The molecule has 21 heavy (non-hydrogen) atoms. The van der Waals surface area contributed by atoms with E-state index in [9.17, 15) is 8.42 Å². The van der Waals surface area contributed by atoms with Gasteiger partial charge in [0.25, 0.3) is 0 Å². The molecule has 2 aromatic rings. The third-order valence-corrected chi connectivity index (χ3v) is 4.76. The smallest absolute Gasteiger partial charge is 0.246 e. The van der Waals surface area contributed by atoms with E-state index in [4.69, 9.17) is 11.0 Å². The molecule has 0 saturated carbocycles. The van der Waals surface area contributed by atoms with Crippen molar-refractivity contribution in [1.29, 1.82) is 5.26 Å². The average molecular weight is 302 g/mol. The zero-order valence-corrected chi connectivity index (χ0v) is 12.2. The summed E-state index contributed by atoms with van der Waals surface area (Å²) in [4.78, 5) is 3.68. The fraction of sp³-hybridized carbons (Fsp3) is 0.143. The van der Waals surface area contributed by atoms with Crippen molar-refractivity contribution in [2.24, 2.45) is 0 Å². The Kier molecular flexibility index (Phi) is 4.21. The summed E-state index contributed by atoms with van der Waals surface area (Å²) in [5.41, 5.74) is 6.90. The molecule has 1 aromatic heterocycles. The molecule has 0 radical (unpaired) electrons. The van der Waals surface area contributed by atoms with Gasteiger partial charge in [-0.2, -0.15) is 9.57 Å². The van der Waals surface area contributed by atoms with E-state index in [1.54, 1.807) is 30.3 Å². The van der Waals surface area contributed by atoms with E-state index in [0.29, 0.717) is 5.69 Å². The van der Waals surface area contributed by atoms with Crippen molar-refractivity contribution in [3.05, 3.63) is 53.9 Å². The molecule has 6 nitrogen and oxygen atoms in total. The lowest BCUT2D eigenvalue weighted by atomic mass is 10.2. The zero-order chi connectivity index (χ0) is 15.5. The SMILES string of the molecule is CN(Cc1cccc(N)c1)S(=O)(=O)c1cccnc1C#N. The number of pyridine rings is 1. The molecule has 0 aliphatic heterocycles. The van der Waals surface area contributed by atoms with Crippen LogP contribution >= 0.6 is 0 Å². The van der Waals surface area contributed by atoms with Crippen LogP contribution in [0.2, 0.25) is 0 Å². The van der Waals surface area contributed by atoms with Crippen LogP contribution in [-0.4, -0.2) is 24.8 Å². The summed E-state index contributed by atoms with van der Waals surface area (Å²) >= 11 is 0. The van der Waals surface area contributed by atoms with Crippen molar-refractivity contribution in [1.82, 2.24) is 9.29 Å². The number of sulfonamides is 1. The number of aromatic nitrogens is 1. The van der Waals surface area contributed by atoms with Gasteiger partial charge in [0.1, 0.15) is 11.0 Å². The maximum Gasteiger partial charge on any atom is 0.246 e. The molecule has 0 atom stereocenters. The van der Waals surface area contributed by atoms with Crippen LogP contribution in [0.5, 0.6) is 0 Å². The lowest BCUT2D eigenvalue weighted by Crippen LogP contribution is -2.27. The summed E-state index contributed by atoms with van der Waals surface area (Å²) in [7, 11) is -2.33. The highest BCUT2D eigenvalue weighted by Gasteiger charge is 2.24. The van der Waals surface area contributed by atoms with E-state index < -0.39 is 10.0 Å². The molecule has 2 N–H and O–H groups in total. The summed E-state index contributed by atoms with van der Waals surface area (Å²) < 4.78 is 26.2. The largest absolute Gasteiger partial charge is 0.399 e. The first-order valence-corrected chi connectivity index (χ1v) is 7.55. The van der Waals surface area contributed by atoms with Crippen LogP contribution in [0.3, 0.4) is 0 Å². The second kappa shape index (κ2) is 5.91. The zero-order valence-electron chi connectivity index (χ0n) is 11.4. The Hall–Kier alpha value is -2.43. The summed E-state index contributed by atoms with van der Waals surface area (Å²) in [6, 6.07) is 11.6. The average Bonchev–Trinajstić information content (AvgIpc) is 2.47. The van der Waals surface area contributed by atoms with Crippen molar-refractivity contribution in [2.75, 3.05) is 12.8 Å².